The molecule has 1 aromatic heterocycles. The molecule has 18 heavy (non-hydrogen) atoms. The van der Waals surface area contributed by atoms with Crippen LogP contribution in [0.15, 0.2) is 41.8 Å². The highest BCUT2D eigenvalue weighted by atomic mass is 32.1. The maximum atomic E-state index is 3.66. The van der Waals surface area contributed by atoms with Crippen molar-refractivity contribution < 1.29 is 0 Å². The van der Waals surface area contributed by atoms with E-state index in [2.05, 4.69) is 60.9 Å². The Bertz CT molecular complexity index is 462. The molecular formula is C16H21NS. The lowest BCUT2D eigenvalue weighted by molar-refractivity contribution is 0.536. The van der Waals surface area contributed by atoms with E-state index in [0.29, 0.717) is 6.04 Å². The summed E-state index contributed by atoms with van der Waals surface area (Å²) >= 11 is 1.84. The molecule has 1 N–H and O–H groups in total. The van der Waals surface area contributed by atoms with Crippen LogP contribution < -0.4 is 5.32 Å². The molecule has 0 saturated carbocycles. The van der Waals surface area contributed by atoms with E-state index >= 15 is 0 Å². The van der Waals surface area contributed by atoms with Gasteiger partial charge in [-0.25, -0.2) is 0 Å². The van der Waals surface area contributed by atoms with Crippen LogP contribution in [0.25, 0.3) is 0 Å². The second-order valence-corrected chi connectivity index (χ2v) is 5.63. The molecule has 1 nitrogen and oxygen atoms in total. The maximum absolute atomic E-state index is 3.66. The largest absolute Gasteiger partial charge is 0.309 e. The summed E-state index contributed by atoms with van der Waals surface area (Å²) in [5, 5.41) is 5.82. The van der Waals surface area contributed by atoms with Crippen molar-refractivity contribution in [2.45, 2.75) is 32.7 Å². The molecule has 2 heteroatoms. The predicted octanol–water partition coefficient (Wildman–Crippen LogP) is 4.34. The zero-order valence-electron chi connectivity index (χ0n) is 11.1. The molecule has 0 aliphatic carbocycles. The number of aryl methyl sites for hydroxylation is 1. The molecule has 0 radical (unpaired) electrons. The lowest BCUT2D eigenvalue weighted by Crippen LogP contribution is -2.23. The van der Waals surface area contributed by atoms with E-state index in [1.165, 1.54) is 22.4 Å². The summed E-state index contributed by atoms with van der Waals surface area (Å²) in [5.74, 6) is 0. The van der Waals surface area contributed by atoms with E-state index in [9.17, 15) is 0 Å². The molecule has 0 spiro atoms. The molecule has 2 rings (SSSR count). The van der Waals surface area contributed by atoms with Gasteiger partial charge in [-0.1, -0.05) is 37.3 Å². The molecule has 1 heterocycles. The summed E-state index contributed by atoms with van der Waals surface area (Å²) in [4.78, 5) is 1.44. The molecule has 0 bridgehead atoms. The van der Waals surface area contributed by atoms with Gasteiger partial charge in [-0.05, 0) is 48.9 Å². The number of benzene rings is 1. The number of hydrogen-bond donors (Lipinski definition) is 1. The van der Waals surface area contributed by atoms with E-state index in [1.54, 1.807) is 0 Å². The van der Waals surface area contributed by atoms with Crippen molar-refractivity contribution in [3.05, 3.63) is 57.8 Å². The lowest BCUT2D eigenvalue weighted by Gasteiger charge is -2.18. The van der Waals surface area contributed by atoms with Crippen molar-refractivity contribution in [3.8, 4) is 0 Å². The van der Waals surface area contributed by atoms with Crippen LogP contribution >= 0.6 is 11.3 Å². The zero-order valence-corrected chi connectivity index (χ0v) is 12.0. The Hall–Kier alpha value is -1.12. The van der Waals surface area contributed by atoms with E-state index < -0.39 is 0 Å². The highest BCUT2D eigenvalue weighted by Gasteiger charge is 2.13. The van der Waals surface area contributed by atoms with Gasteiger partial charge >= 0.3 is 0 Å². The van der Waals surface area contributed by atoms with Gasteiger partial charge in [0.15, 0.2) is 0 Å². The van der Waals surface area contributed by atoms with Gasteiger partial charge in [-0.3, -0.25) is 0 Å². The Morgan fingerprint density at radius 2 is 2.00 bits per heavy atom. The van der Waals surface area contributed by atoms with Crippen molar-refractivity contribution in [3.63, 3.8) is 0 Å². The lowest BCUT2D eigenvalue weighted by atomic mass is 10.00. The molecule has 96 valence electrons. The summed E-state index contributed by atoms with van der Waals surface area (Å²) < 4.78 is 0. The van der Waals surface area contributed by atoms with Gasteiger partial charge in [0, 0.05) is 10.9 Å². The normalized spacial score (nSPS) is 12.6. The Balaban J connectivity index is 2.13. The minimum atomic E-state index is 0.450. The number of rotatable bonds is 6. The molecule has 0 aliphatic heterocycles. The van der Waals surface area contributed by atoms with Crippen LogP contribution in [-0.2, 0) is 6.42 Å². The third kappa shape index (κ3) is 3.44. The average Bonchev–Trinajstić information content (AvgIpc) is 2.90. The van der Waals surface area contributed by atoms with E-state index in [-0.39, 0.29) is 0 Å². The SMILES string of the molecule is CCCNC(Cc1ccccc1C)c1cccs1. The third-order valence-corrected chi connectivity index (χ3v) is 4.20. The number of hydrogen-bond acceptors (Lipinski definition) is 2. The molecule has 1 aromatic carbocycles. The molecular weight excluding hydrogens is 238 g/mol. The molecule has 2 aromatic rings. The first kappa shape index (κ1) is 13.3. The molecule has 1 unspecified atom stereocenters. The van der Waals surface area contributed by atoms with Crippen LogP contribution in [-0.4, -0.2) is 6.54 Å². The van der Waals surface area contributed by atoms with Crippen LogP contribution in [0.5, 0.6) is 0 Å². The number of nitrogens with one attached hydrogen (secondary N) is 1. The van der Waals surface area contributed by atoms with Crippen LogP contribution in [0.2, 0.25) is 0 Å². The average molecular weight is 259 g/mol. The molecule has 0 amide bonds. The fourth-order valence-electron chi connectivity index (χ4n) is 2.14. The Labute approximate surface area is 114 Å². The topological polar surface area (TPSA) is 12.0 Å². The van der Waals surface area contributed by atoms with Crippen molar-refractivity contribution in [2.24, 2.45) is 0 Å². The monoisotopic (exact) mass is 259 g/mol. The fourth-order valence-corrected chi connectivity index (χ4v) is 2.94. The highest BCUT2D eigenvalue weighted by Crippen LogP contribution is 2.24. The van der Waals surface area contributed by atoms with Crippen LogP contribution in [0.1, 0.15) is 35.4 Å². The number of thiophene rings is 1. The van der Waals surface area contributed by atoms with Crippen LogP contribution in [0.3, 0.4) is 0 Å². The van der Waals surface area contributed by atoms with Gasteiger partial charge in [0.05, 0.1) is 0 Å². The zero-order chi connectivity index (χ0) is 12.8. The van der Waals surface area contributed by atoms with Crippen molar-refractivity contribution in [2.75, 3.05) is 6.54 Å². The second-order valence-electron chi connectivity index (χ2n) is 4.65. The van der Waals surface area contributed by atoms with Crippen molar-refractivity contribution in [1.82, 2.24) is 5.32 Å². The van der Waals surface area contributed by atoms with Crippen LogP contribution in [0.4, 0.5) is 0 Å². The summed E-state index contributed by atoms with van der Waals surface area (Å²) in [6.45, 7) is 5.49. The van der Waals surface area contributed by atoms with E-state index in [0.717, 1.165) is 13.0 Å². The minimum Gasteiger partial charge on any atom is -0.309 e. The Morgan fingerprint density at radius 1 is 1.17 bits per heavy atom. The van der Waals surface area contributed by atoms with Crippen molar-refractivity contribution in [1.29, 1.82) is 0 Å². The van der Waals surface area contributed by atoms with Gasteiger partial charge in [-0.2, -0.15) is 0 Å². The first-order chi connectivity index (χ1) is 8.81. The standard InChI is InChI=1S/C16H21NS/c1-3-10-17-15(16-9-6-11-18-16)12-14-8-5-4-7-13(14)2/h4-9,11,15,17H,3,10,12H2,1-2H3. The fraction of sp³-hybridized carbons (Fsp3) is 0.375. The summed E-state index contributed by atoms with van der Waals surface area (Å²) in [5.41, 5.74) is 2.83. The summed E-state index contributed by atoms with van der Waals surface area (Å²) in [6.07, 6.45) is 2.25. The van der Waals surface area contributed by atoms with Gasteiger partial charge in [0.25, 0.3) is 0 Å². The van der Waals surface area contributed by atoms with Crippen LogP contribution in [0, 0.1) is 6.92 Å². The van der Waals surface area contributed by atoms with Gasteiger partial charge < -0.3 is 5.32 Å². The minimum absolute atomic E-state index is 0.450. The molecule has 0 fully saturated rings. The maximum Gasteiger partial charge on any atom is 0.0455 e. The Morgan fingerprint density at radius 3 is 2.67 bits per heavy atom. The van der Waals surface area contributed by atoms with Crippen molar-refractivity contribution >= 4 is 11.3 Å². The summed E-state index contributed by atoms with van der Waals surface area (Å²) in [7, 11) is 0. The Kier molecular flexibility index (Phi) is 4.97. The second kappa shape index (κ2) is 6.72. The highest BCUT2D eigenvalue weighted by molar-refractivity contribution is 7.10. The first-order valence-corrected chi connectivity index (χ1v) is 7.50. The predicted molar refractivity (Wildman–Crippen MR) is 80.2 cm³/mol. The quantitative estimate of drug-likeness (QED) is 0.813. The summed E-state index contributed by atoms with van der Waals surface area (Å²) in [6, 6.07) is 13.5. The van der Waals surface area contributed by atoms with Gasteiger partial charge in [-0.15, -0.1) is 11.3 Å². The van der Waals surface area contributed by atoms with Gasteiger partial charge in [0.1, 0.15) is 0 Å². The molecule has 0 aliphatic rings. The molecule has 0 saturated heterocycles. The molecule has 1 atom stereocenters. The first-order valence-electron chi connectivity index (χ1n) is 6.62. The van der Waals surface area contributed by atoms with E-state index in [4.69, 9.17) is 0 Å². The van der Waals surface area contributed by atoms with E-state index in [1.807, 2.05) is 11.3 Å². The smallest absolute Gasteiger partial charge is 0.0455 e. The third-order valence-electron chi connectivity index (χ3n) is 3.21. The van der Waals surface area contributed by atoms with Gasteiger partial charge in [0.2, 0.25) is 0 Å².